The van der Waals surface area contributed by atoms with Crippen LogP contribution in [-0.2, 0) is 32.0 Å². The minimum atomic E-state index is -1.18. The molecule has 11 heteroatoms. The van der Waals surface area contributed by atoms with Crippen LogP contribution in [0.5, 0.6) is 0 Å². The first kappa shape index (κ1) is 30.7. The first-order valence-electron chi connectivity index (χ1n) is 13.2. The largest absolute Gasteiger partial charge is 0.480 e. The fraction of sp³-hybridized carbons (Fsp3) is 0.379. The van der Waals surface area contributed by atoms with Crippen LogP contribution in [0.3, 0.4) is 0 Å². The first-order chi connectivity index (χ1) is 19.1. The quantitative estimate of drug-likeness (QED) is 0.147. The highest BCUT2D eigenvalue weighted by Gasteiger charge is 2.31. The van der Waals surface area contributed by atoms with Gasteiger partial charge in [-0.05, 0) is 29.5 Å². The molecular formula is C29H37N5O5S. The highest BCUT2D eigenvalue weighted by Crippen LogP contribution is 2.19. The monoisotopic (exact) mass is 567 g/mol. The molecule has 0 radical (unpaired) electrons. The third-order valence-corrected chi connectivity index (χ3v) is 6.90. The van der Waals surface area contributed by atoms with Gasteiger partial charge in [-0.15, -0.1) is 0 Å². The van der Waals surface area contributed by atoms with Gasteiger partial charge in [0.25, 0.3) is 0 Å². The van der Waals surface area contributed by atoms with Crippen molar-refractivity contribution in [3.8, 4) is 0 Å². The second kappa shape index (κ2) is 14.5. The summed E-state index contributed by atoms with van der Waals surface area (Å²) in [6.07, 6.45) is 2.27. The Morgan fingerprint density at radius 2 is 1.45 bits per heavy atom. The van der Waals surface area contributed by atoms with Crippen LogP contribution < -0.4 is 21.7 Å². The normalized spacial score (nSPS) is 14.2. The summed E-state index contributed by atoms with van der Waals surface area (Å²) in [4.78, 5) is 54.6. The van der Waals surface area contributed by atoms with Gasteiger partial charge in [-0.25, -0.2) is 4.79 Å². The molecule has 0 aliphatic heterocycles. The zero-order valence-electron chi connectivity index (χ0n) is 22.6. The molecule has 1 heterocycles. The number of hydrogen-bond donors (Lipinski definition) is 7. The van der Waals surface area contributed by atoms with Gasteiger partial charge >= 0.3 is 5.97 Å². The molecule has 10 nitrogen and oxygen atoms in total. The number of nitrogens with one attached hydrogen (secondary N) is 4. The molecule has 0 aliphatic carbocycles. The van der Waals surface area contributed by atoms with Gasteiger partial charge < -0.3 is 31.8 Å². The van der Waals surface area contributed by atoms with Crippen LogP contribution in [-0.4, -0.2) is 63.7 Å². The van der Waals surface area contributed by atoms with Crippen LogP contribution in [0.2, 0.25) is 0 Å². The van der Waals surface area contributed by atoms with Crippen molar-refractivity contribution in [2.45, 2.75) is 57.3 Å². The number of aliphatic carboxylic acids is 1. The third-order valence-electron chi connectivity index (χ3n) is 6.50. The molecule has 0 saturated heterocycles. The summed E-state index contributed by atoms with van der Waals surface area (Å²) in [5.74, 6) is -2.84. The molecule has 3 rings (SSSR count). The molecule has 214 valence electrons. The van der Waals surface area contributed by atoms with E-state index in [9.17, 15) is 24.3 Å². The molecule has 1 aromatic heterocycles. The lowest BCUT2D eigenvalue weighted by Crippen LogP contribution is -2.58. The molecule has 40 heavy (non-hydrogen) atoms. The first-order valence-corrected chi connectivity index (χ1v) is 13.8. The topological polar surface area (TPSA) is 166 Å². The van der Waals surface area contributed by atoms with Gasteiger partial charge in [-0.1, -0.05) is 62.4 Å². The fourth-order valence-corrected chi connectivity index (χ4v) is 4.55. The second-order valence-electron chi connectivity index (χ2n) is 10.2. The number of fused-ring (bicyclic) bond motifs is 1. The molecule has 0 fully saturated rings. The number of para-hydroxylation sites is 1. The van der Waals surface area contributed by atoms with Crippen LogP contribution in [0.4, 0.5) is 0 Å². The van der Waals surface area contributed by atoms with E-state index in [-0.39, 0.29) is 30.9 Å². The average Bonchev–Trinajstić information content (AvgIpc) is 3.34. The van der Waals surface area contributed by atoms with Crippen molar-refractivity contribution in [3.63, 3.8) is 0 Å². The number of carbonyl (C=O) groups excluding carboxylic acids is 3. The van der Waals surface area contributed by atoms with Crippen LogP contribution in [0, 0.1) is 5.92 Å². The van der Waals surface area contributed by atoms with E-state index in [1.165, 1.54) is 0 Å². The lowest BCUT2D eigenvalue weighted by Gasteiger charge is -2.26. The highest BCUT2D eigenvalue weighted by molar-refractivity contribution is 7.80. The molecule has 0 spiro atoms. The molecule has 3 amide bonds. The summed E-state index contributed by atoms with van der Waals surface area (Å²) in [7, 11) is 0. The van der Waals surface area contributed by atoms with Gasteiger partial charge in [0, 0.05) is 35.7 Å². The lowest BCUT2D eigenvalue weighted by atomic mass is 9.99. The number of aromatic nitrogens is 1. The number of rotatable bonds is 14. The van der Waals surface area contributed by atoms with E-state index in [2.05, 4.69) is 33.6 Å². The Morgan fingerprint density at radius 1 is 0.850 bits per heavy atom. The van der Waals surface area contributed by atoms with Crippen molar-refractivity contribution in [1.29, 1.82) is 0 Å². The summed E-state index contributed by atoms with van der Waals surface area (Å²) < 4.78 is 0. The summed E-state index contributed by atoms with van der Waals surface area (Å²) in [5.41, 5.74) is 8.28. The number of aromatic amines is 1. The van der Waals surface area contributed by atoms with Crippen LogP contribution in [0.25, 0.3) is 10.9 Å². The third kappa shape index (κ3) is 8.59. The van der Waals surface area contributed by atoms with Gasteiger partial charge in [-0.2, -0.15) is 12.6 Å². The lowest BCUT2D eigenvalue weighted by molar-refractivity contribution is -0.142. The SMILES string of the molecule is CC(C)CC(NC(=O)C(Cc1c[nH]c2ccccc12)NC(=O)C(N)CS)C(=O)NC(Cc1ccccc1)C(=O)O. The van der Waals surface area contributed by atoms with Crippen molar-refractivity contribution in [3.05, 3.63) is 71.9 Å². The number of carboxylic acid groups (broad SMARTS) is 1. The number of hydrogen-bond acceptors (Lipinski definition) is 6. The second-order valence-corrected chi connectivity index (χ2v) is 10.6. The number of amides is 3. The van der Waals surface area contributed by atoms with Gasteiger partial charge in [0.05, 0.1) is 6.04 Å². The zero-order valence-corrected chi connectivity index (χ0v) is 23.5. The molecule has 0 aliphatic rings. The van der Waals surface area contributed by atoms with Crippen molar-refractivity contribution in [2.75, 3.05) is 5.75 Å². The minimum Gasteiger partial charge on any atom is -0.480 e. The Morgan fingerprint density at radius 3 is 2.10 bits per heavy atom. The predicted molar refractivity (Wildman–Crippen MR) is 157 cm³/mol. The van der Waals surface area contributed by atoms with Gasteiger partial charge in [-0.3, -0.25) is 14.4 Å². The van der Waals surface area contributed by atoms with E-state index >= 15 is 0 Å². The summed E-state index contributed by atoms with van der Waals surface area (Å²) in [6, 6.07) is 12.4. The summed E-state index contributed by atoms with van der Waals surface area (Å²) >= 11 is 4.08. The fourth-order valence-electron chi connectivity index (χ4n) is 4.39. The van der Waals surface area contributed by atoms with E-state index in [4.69, 9.17) is 5.73 Å². The molecule has 2 aromatic carbocycles. The molecule has 3 aromatic rings. The van der Waals surface area contributed by atoms with Crippen LogP contribution in [0.1, 0.15) is 31.4 Å². The molecule has 4 atom stereocenters. The number of thiol groups is 1. The molecular weight excluding hydrogens is 530 g/mol. The number of H-pyrrole nitrogens is 1. The van der Waals surface area contributed by atoms with Crippen molar-refractivity contribution in [2.24, 2.45) is 11.7 Å². The highest BCUT2D eigenvalue weighted by atomic mass is 32.1. The molecule has 0 saturated carbocycles. The summed E-state index contributed by atoms with van der Waals surface area (Å²) in [5, 5.41) is 18.7. The molecule has 0 bridgehead atoms. The average molecular weight is 568 g/mol. The van der Waals surface area contributed by atoms with E-state index in [0.717, 1.165) is 22.0 Å². The van der Waals surface area contributed by atoms with E-state index < -0.39 is 47.9 Å². The standard InChI is InChI=1S/C29H37N5O5S/c1-17(2)12-23(27(36)34-25(29(38)39)13-18-8-4-3-5-9-18)33-28(37)24(32-26(35)21(30)16-40)14-19-15-31-22-11-7-6-10-20(19)22/h3-11,15,17,21,23-25,31,40H,12-14,16,30H2,1-2H3,(H,32,35)(H,33,37)(H,34,36)(H,38,39). The van der Waals surface area contributed by atoms with Gasteiger partial charge in [0.1, 0.15) is 18.1 Å². The number of nitrogens with two attached hydrogens (primary N) is 1. The number of benzene rings is 2. The zero-order chi connectivity index (χ0) is 29.2. The maximum Gasteiger partial charge on any atom is 0.326 e. The predicted octanol–water partition coefficient (Wildman–Crippen LogP) is 1.80. The Bertz CT molecular complexity index is 1310. The van der Waals surface area contributed by atoms with Crippen molar-refractivity contribution < 1.29 is 24.3 Å². The van der Waals surface area contributed by atoms with Crippen molar-refractivity contribution >= 4 is 47.2 Å². The van der Waals surface area contributed by atoms with Crippen LogP contribution >= 0.6 is 12.6 Å². The van der Waals surface area contributed by atoms with E-state index in [1.807, 2.05) is 44.2 Å². The van der Waals surface area contributed by atoms with Crippen LogP contribution in [0.15, 0.2) is 60.8 Å². The van der Waals surface area contributed by atoms with Gasteiger partial charge in [0.2, 0.25) is 17.7 Å². The van der Waals surface area contributed by atoms with E-state index in [0.29, 0.717) is 0 Å². The van der Waals surface area contributed by atoms with Gasteiger partial charge in [0.15, 0.2) is 0 Å². The van der Waals surface area contributed by atoms with E-state index in [1.54, 1.807) is 30.5 Å². The smallest absolute Gasteiger partial charge is 0.326 e. The Kier molecular flexibility index (Phi) is 11.2. The Hall–Kier alpha value is -3.83. The van der Waals surface area contributed by atoms with Crippen molar-refractivity contribution in [1.82, 2.24) is 20.9 Å². The Balaban J connectivity index is 1.81. The molecule has 4 unspecified atom stereocenters. The molecule has 7 N–H and O–H groups in total. The maximum absolute atomic E-state index is 13.6. The number of carboxylic acids is 1. The Labute approximate surface area is 238 Å². The minimum absolute atomic E-state index is 0.00714. The number of carbonyl (C=O) groups is 4. The summed E-state index contributed by atoms with van der Waals surface area (Å²) in [6.45, 7) is 3.78. The maximum atomic E-state index is 13.6.